The van der Waals surface area contributed by atoms with Crippen LogP contribution in [0.25, 0.3) is 16.9 Å². The van der Waals surface area contributed by atoms with E-state index >= 15 is 0 Å². The first kappa shape index (κ1) is 20.6. The number of anilines is 1. The van der Waals surface area contributed by atoms with Gasteiger partial charge in [0.2, 0.25) is 18.2 Å². The summed E-state index contributed by atoms with van der Waals surface area (Å²) >= 11 is 0. The second kappa shape index (κ2) is 8.30. The predicted octanol–water partition coefficient (Wildman–Crippen LogP) is 2.20. The van der Waals surface area contributed by atoms with Crippen LogP contribution in [0, 0.1) is 0 Å². The first-order valence-corrected chi connectivity index (χ1v) is 10.4. The summed E-state index contributed by atoms with van der Waals surface area (Å²) in [6.45, 7) is 4.50. The van der Waals surface area contributed by atoms with Crippen molar-refractivity contribution in [2.45, 2.75) is 25.6 Å². The molecular weight excluding hydrogens is 422 g/mol. The van der Waals surface area contributed by atoms with Gasteiger partial charge in [-0.05, 0) is 19.1 Å². The fourth-order valence-corrected chi connectivity index (χ4v) is 3.95. The van der Waals surface area contributed by atoms with E-state index in [1.807, 2.05) is 11.8 Å². The zero-order valence-corrected chi connectivity index (χ0v) is 17.4. The predicted molar refractivity (Wildman–Crippen MR) is 111 cm³/mol. The number of fused-ring (bicyclic) bond motifs is 1. The molecule has 0 bridgehead atoms. The van der Waals surface area contributed by atoms with Gasteiger partial charge in [0.25, 0.3) is 6.43 Å². The maximum absolute atomic E-state index is 13.9. The van der Waals surface area contributed by atoms with Gasteiger partial charge in [-0.15, -0.1) is 0 Å². The van der Waals surface area contributed by atoms with Crippen LogP contribution < -0.4 is 9.64 Å². The number of imidazole rings is 1. The molecule has 32 heavy (non-hydrogen) atoms. The lowest BCUT2D eigenvalue weighted by Crippen LogP contribution is -2.52. The molecule has 1 atom stereocenters. The Hall–Kier alpha value is -3.34. The molecule has 2 fully saturated rings. The Morgan fingerprint density at radius 3 is 2.75 bits per heavy atom. The van der Waals surface area contributed by atoms with Gasteiger partial charge in [0.1, 0.15) is 11.9 Å². The van der Waals surface area contributed by atoms with Gasteiger partial charge in [-0.3, -0.25) is 9.36 Å². The Morgan fingerprint density at radius 2 is 2.00 bits per heavy atom. The Bertz CT molecular complexity index is 1130. The summed E-state index contributed by atoms with van der Waals surface area (Å²) in [5.74, 6) is 0.488. The number of benzene rings is 1. The van der Waals surface area contributed by atoms with E-state index in [1.165, 1.54) is 10.6 Å². The van der Waals surface area contributed by atoms with E-state index in [0.717, 1.165) is 6.41 Å². The van der Waals surface area contributed by atoms with Gasteiger partial charge in [-0.2, -0.15) is 9.97 Å². The smallest absolute Gasteiger partial charge is 0.296 e. The fraction of sp³-hybridized carbons (Fsp3) is 0.429. The van der Waals surface area contributed by atoms with Crippen molar-refractivity contribution in [3.05, 3.63) is 36.2 Å². The zero-order valence-electron chi connectivity index (χ0n) is 17.4. The minimum Gasteiger partial charge on any atom is -0.470 e. The number of aromatic nitrogens is 4. The van der Waals surface area contributed by atoms with Crippen molar-refractivity contribution in [2.75, 3.05) is 37.7 Å². The molecule has 9 nitrogen and oxygen atoms in total. The molecule has 0 spiro atoms. The second-order valence-electron chi connectivity index (χ2n) is 7.89. The minimum atomic E-state index is -2.79. The van der Waals surface area contributed by atoms with Crippen LogP contribution in [0.3, 0.4) is 0 Å². The monoisotopic (exact) mass is 444 g/mol. The van der Waals surface area contributed by atoms with Crippen molar-refractivity contribution in [3.63, 3.8) is 0 Å². The molecule has 0 radical (unpaired) electrons. The van der Waals surface area contributed by atoms with Gasteiger partial charge < -0.3 is 19.3 Å². The van der Waals surface area contributed by atoms with Crippen LogP contribution in [0.2, 0.25) is 0 Å². The Kier molecular flexibility index (Phi) is 5.33. The molecule has 5 rings (SSSR count). The first-order valence-electron chi connectivity index (χ1n) is 10.4. The maximum Gasteiger partial charge on any atom is 0.296 e. The Morgan fingerprint density at radius 1 is 1.19 bits per heavy atom. The highest BCUT2D eigenvalue weighted by atomic mass is 19.3. The molecule has 1 amide bonds. The fourth-order valence-electron chi connectivity index (χ4n) is 3.95. The van der Waals surface area contributed by atoms with Gasteiger partial charge in [0.05, 0.1) is 36.8 Å². The van der Waals surface area contributed by atoms with Crippen LogP contribution in [0.4, 0.5) is 14.7 Å². The number of morpholine rings is 1. The molecule has 2 aliphatic rings. The van der Waals surface area contributed by atoms with E-state index in [1.54, 1.807) is 29.2 Å². The molecule has 11 heteroatoms. The number of amides is 1. The number of ether oxygens (including phenoxy) is 2. The van der Waals surface area contributed by atoms with Gasteiger partial charge >= 0.3 is 0 Å². The number of rotatable bonds is 6. The number of para-hydroxylation sites is 2. The standard InChI is InChI=1S/C21H22F2N6O3/c1-13-9-28(6-7-31-13)21-25-17(8-18(26-21)32-14-10-27(11-14)12-30)29-16-5-3-2-4-15(16)24-20(29)19(22)23/h2-5,8,12-14,19H,6-7,9-11H2,1H3. The highest BCUT2D eigenvalue weighted by Crippen LogP contribution is 2.30. The highest BCUT2D eigenvalue weighted by Gasteiger charge is 2.29. The molecule has 1 unspecified atom stereocenters. The van der Waals surface area contributed by atoms with Crippen molar-refractivity contribution >= 4 is 23.4 Å². The molecule has 2 aromatic heterocycles. The third-order valence-corrected chi connectivity index (χ3v) is 5.53. The van der Waals surface area contributed by atoms with Crippen LogP contribution >= 0.6 is 0 Å². The van der Waals surface area contributed by atoms with Crippen molar-refractivity contribution < 1.29 is 23.0 Å². The number of carbonyl (C=O) groups is 1. The quantitative estimate of drug-likeness (QED) is 0.539. The van der Waals surface area contributed by atoms with Crippen LogP contribution in [0.15, 0.2) is 30.3 Å². The summed E-state index contributed by atoms with van der Waals surface area (Å²) in [7, 11) is 0. The van der Waals surface area contributed by atoms with E-state index in [9.17, 15) is 13.6 Å². The molecule has 0 aliphatic carbocycles. The molecule has 3 aromatic rings. The third kappa shape index (κ3) is 3.83. The van der Waals surface area contributed by atoms with E-state index in [0.29, 0.717) is 49.8 Å². The molecule has 4 heterocycles. The number of hydrogen-bond donors (Lipinski definition) is 0. The van der Waals surface area contributed by atoms with E-state index in [2.05, 4.69) is 15.0 Å². The summed E-state index contributed by atoms with van der Waals surface area (Å²) < 4.78 is 40.7. The first-order chi connectivity index (χ1) is 15.5. The lowest BCUT2D eigenvalue weighted by Gasteiger charge is -2.36. The number of halogens is 2. The van der Waals surface area contributed by atoms with Crippen LogP contribution in [-0.2, 0) is 9.53 Å². The third-order valence-electron chi connectivity index (χ3n) is 5.53. The lowest BCUT2D eigenvalue weighted by atomic mass is 10.2. The Balaban J connectivity index is 1.59. The zero-order chi connectivity index (χ0) is 22.2. The normalized spacial score (nSPS) is 19.4. The average molecular weight is 444 g/mol. The van der Waals surface area contributed by atoms with Crippen molar-refractivity contribution in [2.24, 2.45) is 0 Å². The summed E-state index contributed by atoms with van der Waals surface area (Å²) in [4.78, 5) is 27.6. The lowest BCUT2D eigenvalue weighted by molar-refractivity contribution is -0.126. The molecule has 0 saturated carbocycles. The summed E-state index contributed by atoms with van der Waals surface area (Å²) in [6, 6.07) is 8.46. The highest BCUT2D eigenvalue weighted by molar-refractivity contribution is 5.78. The SMILES string of the molecule is CC1CN(c2nc(OC3CN(C=O)C3)cc(-n3c(C(F)F)nc4ccccc43)n2)CCO1. The van der Waals surface area contributed by atoms with E-state index in [-0.39, 0.29) is 23.9 Å². The van der Waals surface area contributed by atoms with Crippen molar-refractivity contribution in [1.82, 2.24) is 24.4 Å². The number of likely N-dealkylation sites (tertiary alicyclic amines) is 1. The topological polar surface area (TPSA) is 85.6 Å². The Labute approximate surface area is 182 Å². The van der Waals surface area contributed by atoms with Gasteiger partial charge in [0, 0.05) is 19.2 Å². The summed E-state index contributed by atoms with van der Waals surface area (Å²) in [6.07, 6.45) is -2.26. The van der Waals surface area contributed by atoms with Crippen molar-refractivity contribution in [3.8, 4) is 11.7 Å². The molecule has 1 aromatic carbocycles. The molecule has 2 saturated heterocycles. The molecule has 168 valence electrons. The van der Waals surface area contributed by atoms with Gasteiger partial charge in [0.15, 0.2) is 5.82 Å². The van der Waals surface area contributed by atoms with Crippen LogP contribution in [-0.4, -0.2) is 75.8 Å². The average Bonchev–Trinajstić information content (AvgIpc) is 3.16. The summed E-state index contributed by atoms with van der Waals surface area (Å²) in [5.41, 5.74) is 0.968. The molecule has 0 N–H and O–H groups in total. The maximum atomic E-state index is 13.9. The second-order valence-corrected chi connectivity index (χ2v) is 7.89. The molecule has 2 aliphatic heterocycles. The van der Waals surface area contributed by atoms with E-state index in [4.69, 9.17) is 9.47 Å². The molecular formula is C21H22F2N6O3. The van der Waals surface area contributed by atoms with Gasteiger partial charge in [-0.1, -0.05) is 12.1 Å². The van der Waals surface area contributed by atoms with Crippen LogP contribution in [0.5, 0.6) is 5.88 Å². The minimum absolute atomic E-state index is 0.0149. The van der Waals surface area contributed by atoms with E-state index < -0.39 is 12.2 Å². The number of nitrogens with zero attached hydrogens (tertiary/aromatic N) is 6. The largest absolute Gasteiger partial charge is 0.470 e. The van der Waals surface area contributed by atoms with Crippen molar-refractivity contribution in [1.29, 1.82) is 0 Å². The van der Waals surface area contributed by atoms with Gasteiger partial charge in [-0.25, -0.2) is 13.8 Å². The number of hydrogen-bond acceptors (Lipinski definition) is 7. The van der Waals surface area contributed by atoms with Crippen LogP contribution in [0.1, 0.15) is 19.2 Å². The summed E-state index contributed by atoms with van der Waals surface area (Å²) in [5, 5.41) is 0. The number of carbonyl (C=O) groups excluding carboxylic acids is 1. The number of alkyl halides is 2.